The Kier molecular flexibility index (Phi) is 5.26. The zero-order valence-corrected chi connectivity index (χ0v) is 19.2. The maximum atomic E-state index is 5.78. The van der Waals surface area contributed by atoms with E-state index in [0.717, 1.165) is 51.4 Å². The second-order valence-electron chi connectivity index (χ2n) is 9.68. The van der Waals surface area contributed by atoms with Crippen molar-refractivity contribution in [2.45, 2.75) is 51.8 Å². The minimum absolute atomic E-state index is 0.308. The van der Waals surface area contributed by atoms with Gasteiger partial charge in [-0.05, 0) is 79.6 Å². The van der Waals surface area contributed by atoms with Crippen LogP contribution in [0.2, 0.25) is 0 Å². The number of ether oxygens (including phenoxy) is 1. The van der Waals surface area contributed by atoms with Gasteiger partial charge >= 0.3 is 0 Å². The van der Waals surface area contributed by atoms with Gasteiger partial charge in [-0.3, -0.25) is 0 Å². The standard InChI is InChI=1S/C26H33N5O/c1-17-13-28-26-22(17)12-21(14-29-26)20-10-19-5-7-30(31-8-9-32-18(2)15-31)16-24(19)23(11-20)25-4-3-6-27-25/h10-14,18,25,27H,3-9,15-16H2,1-2H3,(H,28,29)/t18-,25+/m1/s1. The summed E-state index contributed by atoms with van der Waals surface area (Å²) < 4.78 is 5.78. The first-order chi connectivity index (χ1) is 15.7. The number of morpholine rings is 1. The maximum absolute atomic E-state index is 5.78. The molecule has 2 N–H and O–H groups in total. The SMILES string of the molecule is Cc1c[nH]c2ncc(-c3cc4c(c([C@@H]5CCCN5)c3)CN(N3CCO[C@H](C)C3)CC4)cc12. The molecule has 2 atom stereocenters. The predicted octanol–water partition coefficient (Wildman–Crippen LogP) is 3.96. The van der Waals surface area contributed by atoms with E-state index in [1.807, 2.05) is 12.4 Å². The van der Waals surface area contributed by atoms with E-state index >= 15 is 0 Å². The van der Waals surface area contributed by atoms with Crippen molar-refractivity contribution in [2.24, 2.45) is 0 Å². The van der Waals surface area contributed by atoms with Gasteiger partial charge in [0.15, 0.2) is 0 Å². The first kappa shape index (κ1) is 20.4. The smallest absolute Gasteiger partial charge is 0.137 e. The number of nitrogens with zero attached hydrogens (tertiary/aromatic N) is 3. The summed E-state index contributed by atoms with van der Waals surface area (Å²) in [6, 6.07) is 7.63. The molecule has 6 nitrogen and oxygen atoms in total. The molecule has 0 saturated carbocycles. The summed E-state index contributed by atoms with van der Waals surface area (Å²) in [5.41, 5.74) is 9.27. The number of benzene rings is 1. The van der Waals surface area contributed by atoms with Crippen molar-refractivity contribution < 1.29 is 4.74 Å². The van der Waals surface area contributed by atoms with Crippen molar-refractivity contribution in [1.82, 2.24) is 25.3 Å². The van der Waals surface area contributed by atoms with E-state index in [0.29, 0.717) is 12.1 Å². The van der Waals surface area contributed by atoms with E-state index < -0.39 is 0 Å². The number of nitrogens with one attached hydrogen (secondary N) is 2. The third-order valence-electron chi connectivity index (χ3n) is 7.48. The number of fused-ring (bicyclic) bond motifs is 2. The molecule has 5 heterocycles. The zero-order chi connectivity index (χ0) is 21.7. The van der Waals surface area contributed by atoms with Crippen LogP contribution in [0, 0.1) is 6.92 Å². The van der Waals surface area contributed by atoms with Crippen molar-refractivity contribution >= 4 is 11.0 Å². The highest BCUT2D eigenvalue weighted by atomic mass is 16.5. The number of pyridine rings is 1. The lowest BCUT2D eigenvalue weighted by Gasteiger charge is -2.42. The van der Waals surface area contributed by atoms with Gasteiger partial charge < -0.3 is 15.0 Å². The van der Waals surface area contributed by atoms with Crippen LogP contribution in [0.25, 0.3) is 22.2 Å². The van der Waals surface area contributed by atoms with Gasteiger partial charge in [0.1, 0.15) is 5.65 Å². The minimum Gasteiger partial charge on any atom is -0.376 e. The summed E-state index contributed by atoms with van der Waals surface area (Å²) in [5.74, 6) is 0. The summed E-state index contributed by atoms with van der Waals surface area (Å²) in [7, 11) is 0. The molecule has 2 saturated heterocycles. The number of aromatic nitrogens is 2. The lowest BCUT2D eigenvalue weighted by molar-refractivity contribution is -0.124. The fraction of sp³-hybridized carbons (Fsp3) is 0.500. The summed E-state index contributed by atoms with van der Waals surface area (Å²) in [5, 5.41) is 10.1. The highest BCUT2D eigenvalue weighted by Gasteiger charge is 2.30. The normalized spacial score (nSPS) is 24.8. The Balaban J connectivity index is 1.39. The van der Waals surface area contributed by atoms with Crippen LogP contribution in [0.5, 0.6) is 0 Å². The van der Waals surface area contributed by atoms with E-state index in [4.69, 9.17) is 9.72 Å². The van der Waals surface area contributed by atoms with Crippen LogP contribution in [-0.4, -0.2) is 58.9 Å². The van der Waals surface area contributed by atoms with Gasteiger partial charge in [-0.2, -0.15) is 0 Å². The monoisotopic (exact) mass is 431 g/mol. The van der Waals surface area contributed by atoms with Crippen LogP contribution >= 0.6 is 0 Å². The molecule has 168 valence electrons. The molecule has 6 heteroatoms. The number of hydrogen-bond acceptors (Lipinski definition) is 5. The van der Waals surface area contributed by atoms with Gasteiger partial charge in [0.05, 0.1) is 12.7 Å². The van der Waals surface area contributed by atoms with Crippen LogP contribution in [-0.2, 0) is 17.7 Å². The molecule has 0 unspecified atom stereocenters. The Morgan fingerprint density at radius 2 is 2.06 bits per heavy atom. The van der Waals surface area contributed by atoms with Crippen molar-refractivity contribution in [3.8, 4) is 11.1 Å². The summed E-state index contributed by atoms with van der Waals surface area (Å²) in [4.78, 5) is 7.97. The maximum Gasteiger partial charge on any atom is 0.137 e. The molecule has 0 aliphatic carbocycles. The Morgan fingerprint density at radius 3 is 2.91 bits per heavy atom. The van der Waals surface area contributed by atoms with Crippen LogP contribution in [0.15, 0.2) is 30.6 Å². The number of rotatable bonds is 3. The molecule has 3 aliphatic heterocycles. The van der Waals surface area contributed by atoms with Crippen LogP contribution < -0.4 is 5.32 Å². The number of hydrazine groups is 1. The Hall–Kier alpha value is -2.25. The second-order valence-corrected chi connectivity index (χ2v) is 9.68. The van der Waals surface area contributed by atoms with Gasteiger partial charge in [0.25, 0.3) is 0 Å². The molecule has 0 amide bonds. The minimum atomic E-state index is 0.308. The van der Waals surface area contributed by atoms with Gasteiger partial charge in [0.2, 0.25) is 0 Å². The number of hydrogen-bond donors (Lipinski definition) is 2. The molecular weight excluding hydrogens is 398 g/mol. The van der Waals surface area contributed by atoms with E-state index in [2.05, 4.69) is 52.4 Å². The number of aromatic amines is 1. The summed E-state index contributed by atoms with van der Waals surface area (Å²) in [6.45, 7) is 10.3. The van der Waals surface area contributed by atoms with Crippen molar-refractivity contribution in [1.29, 1.82) is 0 Å². The molecule has 2 aromatic heterocycles. The predicted molar refractivity (Wildman–Crippen MR) is 127 cm³/mol. The highest BCUT2D eigenvalue weighted by Crippen LogP contribution is 2.36. The molecule has 2 fully saturated rings. The molecule has 0 bridgehead atoms. The lowest BCUT2D eigenvalue weighted by Crippen LogP contribution is -2.52. The molecule has 6 rings (SSSR count). The Bertz CT molecular complexity index is 1130. The van der Waals surface area contributed by atoms with E-state index in [1.165, 1.54) is 51.6 Å². The summed E-state index contributed by atoms with van der Waals surface area (Å²) in [6.07, 6.45) is 7.94. The molecule has 1 aromatic carbocycles. The largest absolute Gasteiger partial charge is 0.376 e. The number of H-pyrrole nitrogens is 1. The first-order valence-electron chi connectivity index (χ1n) is 12.1. The van der Waals surface area contributed by atoms with Crippen molar-refractivity contribution in [3.05, 3.63) is 52.8 Å². The van der Waals surface area contributed by atoms with Crippen LogP contribution in [0.1, 0.15) is 48.1 Å². The first-order valence-corrected chi connectivity index (χ1v) is 12.1. The van der Waals surface area contributed by atoms with E-state index in [1.54, 1.807) is 0 Å². The van der Waals surface area contributed by atoms with Gasteiger partial charge in [-0.25, -0.2) is 15.0 Å². The van der Waals surface area contributed by atoms with Gasteiger partial charge in [-0.15, -0.1) is 0 Å². The van der Waals surface area contributed by atoms with Gasteiger partial charge in [-0.1, -0.05) is 6.07 Å². The highest BCUT2D eigenvalue weighted by molar-refractivity contribution is 5.84. The van der Waals surface area contributed by atoms with Crippen molar-refractivity contribution in [2.75, 3.05) is 32.8 Å². The quantitative estimate of drug-likeness (QED) is 0.658. The fourth-order valence-corrected chi connectivity index (χ4v) is 5.70. The fourth-order valence-electron chi connectivity index (χ4n) is 5.70. The zero-order valence-electron chi connectivity index (χ0n) is 19.2. The number of aryl methyl sites for hydroxylation is 1. The van der Waals surface area contributed by atoms with Gasteiger partial charge in [0, 0.05) is 55.6 Å². The molecular formula is C26H33N5O. The van der Waals surface area contributed by atoms with Crippen LogP contribution in [0.4, 0.5) is 0 Å². The third kappa shape index (κ3) is 3.65. The second kappa shape index (κ2) is 8.27. The Labute approximate surface area is 189 Å². The average molecular weight is 432 g/mol. The van der Waals surface area contributed by atoms with Crippen molar-refractivity contribution in [3.63, 3.8) is 0 Å². The average Bonchev–Trinajstić information content (AvgIpc) is 3.48. The summed E-state index contributed by atoms with van der Waals surface area (Å²) >= 11 is 0. The van der Waals surface area contributed by atoms with Crippen LogP contribution in [0.3, 0.4) is 0 Å². The molecule has 0 radical (unpaired) electrons. The van der Waals surface area contributed by atoms with E-state index in [9.17, 15) is 0 Å². The van der Waals surface area contributed by atoms with E-state index in [-0.39, 0.29) is 0 Å². The molecule has 3 aromatic rings. The molecule has 0 spiro atoms. The topological polar surface area (TPSA) is 56.4 Å². The molecule has 3 aliphatic rings. The Morgan fingerprint density at radius 1 is 1.12 bits per heavy atom. The lowest BCUT2D eigenvalue weighted by atomic mass is 9.87. The third-order valence-corrected chi connectivity index (χ3v) is 7.48. The molecule has 32 heavy (non-hydrogen) atoms.